The summed E-state index contributed by atoms with van der Waals surface area (Å²) in [5, 5.41) is 0. The van der Waals surface area contributed by atoms with Gasteiger partial charge in [-0.1, -0.05) is 39.0 Å². The van der Waals surface area contributed by atoms with Crippen LogP contribution < -0.4 is 5.73 Å². The molecule has 0 aliphatic rings. The molecule has 0 aliphatic carbocycles. The molecule has 1 rings (SSSR count). The molecule has 0 heterocycles. The van der Waals surface area contributed by atoms with Crippen LogP contribution in [0, 0.1) is 6.92 Å². The standard InChI is InChI=1S/C11H15N.C2H6/c1-3-10-5-4-9(2)11(8-10)6-7-12;1-2/h4-8H,3,12H2,1-2H3;1-2H3/b7-6-;. The van der Waals surface area contributed by atoms with E-state index in [9.17, 15) is 0 Å². The fourth-order valence-corrected chi connectivity index (χ4v) is 1.19. The van der Waals surface area contributed by atoms with Gasteiger partial charge in [-0.2, -0.15) is 0 Å². The quantitative estimate of drug-likeness (QED) is 0.760. The first-order chi connectivity index (χ1) is 6.77. The molecule has 0 saturated heterocycles. The van der Waals surface area contributed by atoms with Gasteiger partial charge in [0.2, 0.25) is 0 Å². The van der Waals surface area contributed by atoms with Gasteiger partial charge in [0.15, 0.2) is 0 Å². The highest BCUT2D eigenvalue weighted by Gasteiger charge is 1.94. The molecule has 0 bridgehead atoms. The first kappa shape index (κ1) is 12.8. The molecule has 78 valence electrons. The molecule has 0 saturated carbocycles. The molecule has 2 N–H and O–H groups in total. The van der Waals surface area contributed by atoms with Gasteiger partial charge in [-0.15, -0.1) is 0 Å². The molecule has 1 heteroatoms. The molecular weight excluding hydrogens is 170 g/mol. The lowest BCUT2D eigenvalue weighted by molar-refractivity contribution is 1.13. The van der Waals surface area contributed by atoms with Crippen LogP contribution in [-0.2, 0) is 6.42 Å². The van der Waals surface area contributed by atoms with E-state index in [2.05, 4.69) is 32.0 Å². The van der Waals surface area contributed by atoms with Gasteiger partial charge < -0.3 is 5.73 Å². The Balaban J connectivity index is 0.000000791. The average Bonchev–Trinajstić information content (AvgIpc) is 2.24. The Bertz CT molecular complexity index is 287. The minimum absolute atomic E-state index is 1.08. The fourth-order valence-electron chi connectivity index (χ4n) is 1.19. The van der Waals surface area contributed by atoms with Gasteiger partial charge >= 0.3 is 0 Å². The molecule has 1 aromatic carbocycles. The Morgan fingerprint density at radius 2 is 1.93 bits per heavy atom. The van der Waals surface area contributed by atoms with Gasteiger partial charge in [-0.25, -0.2) is 0 Å². The number of rotatable bonds is 2. The van der Waals surface area contributed by atoms with Crippen LogP contribution in [0.5, 0.6) is 0 Å². The third-order valence-electron chi connectivity index (χ3n) is 2.03. The van der Waals surface area contributed by atoms with Crippen molar-refractivity contribution in [2.24, 2.45) is 5.73 Å². The molecular formula is C13H21N. The highest BCUT2D eigenvalue weighted by atomic mass is 14.5. The second kappa shape index (κ2) is 7.19. The second-order valence-corrected chi connectivity index (χ2v) is 2.90. The van der Waals surface area contributed by atoms with Crippen LogP contribution >= 0.6 is 0 Å². The minimum atomic E-state index is 1.08. The highest BCUT2D eigenvalue weighted by Crippen LogP contribution is 2.12. The Kier molecular flexibility index (Phi) is 6.55. The summed E-state index contributed by atoms with van der Waals surface area (Å²) in [5.41, 5.74) is 9.19. The van der Waals surface area contributed by atoms with Crippen molar-refractivity contribution in [2.75, 3.05) is 0 Å². The summed E-state index contributed by atoms with van der Waals surface area (Å²) in [5.74, 6) is 0. The predicted octanol–water partition coefficient (Wildman–Crippen LogP) is 3.51. The van der Waals surface area contributed by atoms with E-state index in [1.807, 2.05) is 19.9 Å². The maximum absolute atomic E-state index is 5.34. The van der Waals surface area contributed by atoms with Gasteiger partial charge in [0.05, 0.1) is 0 Å². The third kappa shape index (κ3) is 3.65. The zero-order valence-electron chi connectivity index (χ0n) is 9.67. The van der Waals surface area contributed by atoms with Crippen molar-refractivity contribution < 1.29 is 0 Å². The van der Waals surface area contributed by atoms with E-state index in [1.54, 1.807) is 6.20 Å². The molecule has 0 unspecified atom stereocenters. The largest absolute Gasteiger partial charge is 0.405 e. The van der Waals surface area contributed by atoms with E-state index in [0.717, 1.165) is 6.42 Å². The van der Waals surface area contributed by atoms with Crippen LogP contribution in [0.4, 0.5) is 0 Å². The topological polar surface area (TPSA) is 26.0 Å². The molecule has 0 aromatic heterocycles. The highest BCUT2D eigenvalue weighted by molar-refractivity contribution is 5.54. The van der Waals surface area contributed by atoms with Crippen molar-refractivity contribution in [3.8, 4) is 0 Å². The van der Waals surface area contributed by atoms with E-state index in [4.69, 9.17) is 5.73 Å². The lowest BCUT2D eigenvalue weighted by atomic mass is 10.0. The lowest BCUT2D eigenvalue weighted by Crippen LogP contribution is -1.86. The van der Waals surface area contributed by atoms with E-state index in [-0.39, 0.29) is 0 Å². The zero-order chi connectivity index (χ0) is 11.0. The maximum Gasteiger partial charge on any atom is -0.00563 e. The monoisotopic (exact) mass is 191 g/mol. The normalized spacial score (nSPS) is 9.71. The average molecular weight is 191 g/mol. The summed E-state index contributed by atoms with van der Waals surface area (Å²) in [7, 11) is 0. The van der Waals surface area contributed by atoms with Crippen molar-refractivity contribution in [1.29, 1.82) is 0 Å². The minimum Gasteiger partial charge on any atom is -0.405 e. The molecule has 1 aromatic rings. The zero-order valence-corrected chi connectivity index (χ0v) is 9.67. The summed E-state index contributed by atoms with van der Waals surface area (Å²) in [6, 6.07) is 6.47. The van der Waals surface area contributed by atoms with Gasteiger partial charge in [0.1, 0.15) is 0 Å². The Hall–Kier alpha value is -1.24. The van der Waals surface area contributed by atoms with Crippen LogP contribution in [0.2, 0.25) is 0 Å². The molecule has 0 amide bonds. The smallest absolute Gasteiger partial charge is 0.00563 e. The fraction of sp³-hybridized carbons (Fsp3) is 0.385. The summed E-state index contributed by atoms with van der Waals surface area (Å²) in [6.07, 6.45) is 4.60. The first-order valence-corrected chi connectivity index (χ1v) is 5.25. The van der Waals surface area contributed by atoms with Crippen molar-refractivity contribution >= 4 is 6.08 Å². The van der Waals surface area contributed by atoms with Crippen LogP contribution in [0.25, 0.3) is 6.08 Å². The van der Waals surface area contributed by atoms with Gasteiger partial charge in [-0.3, -0.25) is 0 Å². The molecule has 0 radical (unpaired) electrons. The Morgan fingerprint density at radius 3 is 2.43 bits per heavy atom. The number of hydrogen-bond acceptors (Lipinski definition) is 1. The predicted molar refractivity (Wildman–Crippen MR) is 65.1 cm³/mol. The summed E-state index contributed by atoms with van der Waals surface area (Å²) in [6.45, 7) is 8.25. The first-order valence-electron chi connectivity index (χ1n) is 5.25. The van der Waals surface area contributed by atoms with E-state index in [1.165, 1.54) is 16.7 Å². The number of hydrogen-bond donors (Lipinski definition) is 1. The summed E-state index contributed by atoms with van der Waals surface area (Å²) < 4.78 is 0. The van der Waals surface area contributed by atoms with Crippen LogP contribution in [0.15, 0.2) is 24.4 Å². The van der Waals surface area contributed by atoms with Crippen LogP contribution in [-0.4, -0.2) is 0 Å². The molecule has 14 heavy (non-hydrogen) atoms. The number of nitrogens with two attached hydrogens (primary N) is 1. The van der Waals surface area contributed by atoms with Gasteiger partial charge in [0, 0.05) is 0 Å². The Labute approximate surface area is 87.6 Å². The lowest BCUT2D eigenvalue weighted by Gasteiger charge is -2.02. The van der Waals surface area contributed by atoms with E-state index >= 15 is 0 Å². The van der Waals surface area contributed by atoms with Crippen molar-refractivity contribution in [3.05, 3.63) is 41.1 Å². The molecule has 0 aliphatic heterocycles. The van der Waals surface area contributed by atoms with Crippen molar-refractivity contribution in [1.82, 2.24) is 0 Å². The molecule has 0 fully saturated rings. The SMILES string of the molecule is CC.CCc1ccc(C)c(/C=C\N)c1. The van der Waals surface area contributed by atoms with Crippen molar-refractivity contribution in [3.63, 3.8) is 0 Å². The van der Waals surface area contributed by atoms with Crippen molar-refractivity contribution in [2.45, 2.75) is 34.1 Å². The molecule has 1 nitrogen and oxygen atoms in total. The van der Waals surface area contributed by atoms with Gasteiger partial charge in [0.25, 0.3) is 0 Å². The molecule has 0 atom stereocenters. The maximum atomic E-state index is 5.34. The summed E-state index contributed by atoms with van der Waals surface area (Å²) in [4.78, 5) is 0. The van der Waals surface area contributed by atoms with E-state index < -0.39 is 0 Å². The Morgan fingerprint density at radius 1 is 1.29 bits per heavy atom. The number of benzene rings is 1. The van der Waals surface area contributed by atoms with Crippen LogP contribution in [0.3, 0.4) is 0 Å². The summed E-state index contributed by atoms with van der Waals surface area (Å²) >= 11 is 0. The second-order valence-electron chi connectivity index (χ2n) is 2.90. The van der Waals surface area contributed by atoms with Gasteiger partial charge in [-0.05, 0) is 42.3 Å². The number of aryl methyl sites for hydroxylation is 2. The third-order valence-corrected chi connectivity index (χ3v) is 2.03. The molecule has 0 spiro atoms. The van der Waals surface area contributed by atoms with E-state index in [0.29, 0.717) is 0 Å². The van der Waals surface area contributed by atoms with Crippen LogP contribution in [0.1, 0.15) is 37.5 Å².